The predicted molar refractivity (Wildman–Crippen MR) is 128 cm³/mol. The molecule has 3 amide bonds. The number of nitrogens with two attached hydrogens (primary N) is 1. The zero-order valence-electron chi connectivity index (χ0n) is 18.7. The first-order valence-electron chi connectivity index (χ1n) is 10.4. The van der Waals surface area contributed by atoms with Gasteiger partial charge in [0.05, 0.1) is 16.3 Å². The van der Waals surface area contributed by atoms with Gasteiger partial charge in [0, 0.05) is 29.7 Å². The summed E-state index contributed by atoms with van der Waals surface area (Å²) in [6, 6.07) is 11.7. The van der Waals surface area contributed by atoms with Gasteiger partial charge in [-0.2, -0.15) is 18.3 Å². The Kier molecular flexibility index (Phi) is 7.25. The Balaban J connectivity index is 1.43. The number of ether oxygens (including phenoxy) is 1. The van der Waals surface area contributed by atoms with E-state index in [-0.39, 0.29) is 18.1 Å². The van der Waals surface area contributed by atoms with Gasteiger partial charge >= 0.3 is 12.2 Å². The van der Waals surface area contributed by atoms with Gasteiger partial charge in [-0.3, -0.25) is 9.48 Å². The minimum Gasteiger partial charge on any atom is -0.439 e. The van der Waals surface area contributed by atoms with Crippen molar-refractivity contribution in [1.29, 1.82) is 0 Å². The summed E-state index contributed by atoms with van der Waals surface area (Å²) in [6.07, 6.45) is -1.81. The quantitative estimate of drug-likeness (QED) is 0.309. The van der Waals surface area contributed by atoms with Crippen LogP contribution in [0.5, 0.6) is 11.6 Å². The molecule has 0 fully saturated rings. The Morgan fingerprint density at radius 1 is 1.00 bits per heavy atom. The summed E-state index contributed by atoms with van der Waals surface area (Å²) in [5.74, 6) is -0.0489. The summed E-state index contributed by atoms with van der Waals surface area (Å²) < 4.78 is 46.3. The van der Waals surface area contributed by atoms with Crippen LogP contribution in [0.1, 0.15) is 5.56 Å². The number of amides is 3. The van der Waals surface area contributed by atoms with Crippen molar-refractivity contribution in [2.24, 2.45) is 5.73 Å². The number of nitrogens with one attached hydrogen (secondary N) is 2. The summed E-state index contributed by atoms with van der Waals surface area (Å²) in [5, 5.41) is 8.59. The van der Waals surface area contributed by atoms with Crippen molar-refractivity contribution in [3.05, 3.63) is 77.7 Å². The zero-order valence-corrected chi connectivity index (χ0v) is 19.4. The van der Waals surface area contributed by atoms with Gasteiger partial charge in [-0.25, -0.2) is 14.8 Å². The molecule has 0 aliphatic heterocycles. The van der Waals surface area contributed by atoms with E-state index in [1.54, 1.807) is 30.5 Å². The molecular weight excluding hydrogens is 515 g/mol. The second-order valence-corrected chi connectivity index (χ2v) is 7.91. The Morgan fingerprint density at radius 3 is 2.49 bits per heavy atom. The maximum absolute atomic E-state index is 13.0. The molecule has 0 aliphatic rings. The topological polar surface area (TPSA) is 137 Å². The molecule has 0 spiro atoms. The fourth-order valence-electron chi connectivity index (χ4n) is 3.15. The lowest BCUT2D eigenvalue weighted by Gasteiger charge is -2.13. The molecule has 0 saturated carbocycles. The van der Waals surface area contributed by atoms with Crippen LogP contribution in [-0.4, -0.2) is 31.7 Å². The van der Waals surface area contributed by atoms with Gasteiger partial charge in [0.1, 0.15) is 24.3 Å². The number of aromatic nitrogens is 4. The van der Waals surface area contributed by atoms with E-state index >= 15 is 0 Å². The highest BCUT2D eigenvalue weighted by Gasteiger charge is 2.33. The largest absolute Gasteiger partial charge is 0.439 e. The minimum absolute atomic E-state index is 0.0800. The number of primary amides is 1. The van der Waals surface area contributed by atoms with E-state index in [4.69, 9.17) is 22.1 Å². The fraction of sp³-hybridized carbons (Fsp3) is 0.0870. The summed E-state index contributed by atoms with van der Waals surface area (Å²) >= 11 is 5.60. The highest BCUT2D eigenvalue weighted by atomic mass is 35.5. The second kappa shape index (κ2) is 10.5. The summed E-state index contributed by atoms with van der Waals surface area (Å²) in [6.45, 7) is -0.0800. The van der Waals surface area contributed by atoms with Crippen molar-refractivity contribution in [2.75, 3.05) is 10.6 Å². The number of carbonyl (C=O) groups excluding carboxylic acids is 2. The highest BCUT2D eigenvalue weighted by Crippen LogP contribution is 2.36. The Hall–Kier alpha value is -4.65. The SMILES string of the molecule is NC(=O)Cn1ccc(-c2cc(Oc3cccc(NC(=O)Nc4ccc(Cl)c(C(F)(F)F)c4)c3)ncn2)n1. The van der Waals surface area contributed by atoms with Crippen LogP contribution in [0.2, 0.25) is 5.02 Å². The maximum Gasteiger partial charge on any atom is 0.417 e. The van der Waals surface area contributed by atoms with E-state index in [0.717, 1.165) is 12.1 Å². The lowest BCUT2D eigenvalue weighted by molar-refractivity contribution is -0.137. The molecule has 190 valence electrons. The van der Waals surface area contributed by atoms with Crippen LogP contribution in [0.15, 0.2) is 67.1 Å². The number of nitrogens with zero attached hydrogens (tertiary/aromatic N) is 4. The van der Waals surface area contributed by atoms with Crippen LogP contribution in [0.4, 0.5) is 29.3 Å². The smallest absolute Gasteiger partial charge is 0.417 e. The molecule has 0 atom stereocenters. The van der Waals surface area contributed by atoms with Crippen LogP contribution in [0.3, 0.4) is 0 Å². The van der Waals surface area contributed by atoms with Gasteiger partial charge in [0.15, 0.2) is 0 Å². The van der Waals surface area contributed by atoms with E-state index in [0.29, 0.717) is 22.8 Å². The van der Waals surface area contributed by atoms with Crippen molar-refractivity contribution in [1.82, 2.24) is 19.7 Å². The number of urea groups is 1. The average Bonchev–Trinajstić information content (AvgIpc) is 3.28. The van der Waals surface area contributed by atoms with E-state index in [1.807, 2.05) is 0 Å². The molecule has 4 N–H and O–H groups in total. The number of rotatable bonds is 7. The standard InChI is InChI=1S/C23H17ClF3N7O3/c24-17-5-4-14(9-16(17)23(25,26)27)32-22(36)31-13-2-1-3-15(8-13)37-21-10-19(29-12-30-21)18-6-7-34(33-18)11-20(28)35/h1-10,12H,11H2,(H2,28,35)(H2,31,32,36). The number of benzene rings is 2. The molecule has 10 nitrogen and oxygen atoms in total. The third kappa shape index (κ3) is 6.73. The van der Waals surface area contributed by atoms with Crippen molar-refractivity contribution >= 4 is 34.9 Å². The summed E-state index contributed by atoms with van der Waals surface area (Å²) in [4.78, 5) is 31.6. The predicted octanol–water partition coefficient (Wildman–Crippen LogP) is 4.93. The van der Waals surface area contributed by atoms with Crippen molar-refractivity contribution in [3.63, 3.8) is 0 Å². The van der Waals surface area contributed by atoms with Gasteiger partial charge in [0.2, 0.25) is 11.8 Å². The van der Waals surface area contributed by atoms with Gasteiger partial charge < -0.3 is 21.1 Å². The molecule has 4 aromatic rings. The third-order valence-electron chi connectivity index (χ3n) is 4.71. The van der Waals surface area contributed by atoms with Crippen LogP contribution >= 0.6 is 11.6 Å². The molecule has 37 heavy (non-hydrogen) atoms. The number of anilines is 2. The minimum atomic E-state index is -4.67. The number of hydrogen-bond acceptors (Lipinski definition) is 6. The first-order valence-corrected chi connectivity index (χ1v) is 10.8. The Labute approximate surface area is 212 Å². The zero-order chi connectivity index (χ0) is 26.6. The van der Waals surface area contributed by atoms with Crippen molar-refractivity contribution in [3.8, 4) is 23.0 Å². The first kappa shape index (κ1) is 25.4. The Bertz CT molecular complexity index is 1460. The average molecular weight is 532 g/mol. The lowest BCUT2D eigenvalue weighted by Crippen LogP contribution is -2.20. The fourth-order valence-corrected chi connectivity index (χ4v) is 3.38. The molecule has 14 heteroatoms. The Morgan fingerprint density at radius 2 is 1.76 bits per heavy atom. The normalized spacial score (nSPS) is 11.1. The third-order valence-corrected chi connectivity index (χ3v) is 5.04. The van der Waals surface area contributed by atoms with Crippen LogP contribution in [0.25, 0.3) is 11.4 Å². The number of halogens is 4. The van der Waals surface area contributed by atoms with Gasteiger partial charge in [-0.1, -0.05) is 17.7 Å². The lowest BCUT2D eigenvalue weighted by atomic mass is 10.2. The number of hydrogen-bond donors (Lipinski definition) is 3. The highest BCUT2D eigenvalue weighted by molar-refractivity contribution is 6.31. The van der Waals surface area contributed by atoms with E-state index in [2.05, 4.69) is 25.7 Å². The van der Waals surface area contributed by atoms with Crippen molar-refractivity contribution in [2.45, 2.75) is 12.7 Å². The van der Waals surface area contributed by atoms with Gasteiger partial charge in [0.25, 0.3) is 0 Å². The molecule has 0 aliphatic carbocycles. The molecule has 4 rings (SSSR count). The first-order chi connectivity index (χ1) is 17.6. The summed E-state index contributed by atoms with van der Waals surface area (Å²) in [7, 11) is 0. The molecule has 0 radical (unpaired) electrons. The maximum atomic E-state index is 13.0. The molecular formula is C23H17ClF3N7O3. The second-order valence-electron chi connectivity index (χ2n) is 7.51. The molecule has 0 bridgehead atoms. The number of carbonyl (C=O) groups is 2. The van der Waals surface area contributed by atoms with E-state index in [1.165, 1.54) is 29.2 Å². The molecule has 0 saturated heterocycles. The van der Waals surface area contributed by atoms with Crippen LogP contribution in [-0.2, 0) is 17.5 Å². The monoisotopic (exact) mass is 531 g/mol. The van der Waals surface area contributed by atoms with Gasteiger partial charge in [-0.05, 0) is 36.4 Å². The summed E-state index contributed by atoms with van der Waals surface area (Å²) in [5.41, 5.74) is 5.22. The number of alkyl halides is 3. The van der Waals surface area contributed by atoms with Crippen LogP contribution in [0, 0.1) is 0 Å². The van der Waals surface area contributed by atoms with E-state index in [9.17, 15) is 22.8 Å². The molecule has 2 heterocycles. The molecule has 0 unspecified atom stereocenters. The van der Waals surface area contributed by atoms with Crippen molar-refractivity contribution < 1.29 is 27.5 Å². The molecule has 2 aromatic carbocycles. The van der Waals surface area contributed by atoms with Gasteiger partial charge in [-0.15, -0.1) is 0 Å². The van der Waals surface area contributed by atoms with Crippen LogP contribution < -0.4 is 21.1 Å². The molecule has 2 aromatic heterocycles. The van der Waals surface area contributed by atoms with E-state index < -0.39 is 28.7 Å².